The Morgan fingerprint density at radius 3 is 2.58 bits per heavy atom. The van der Waals surface area contributed by atoms with Crippen molar-refractivity contribution in [1.29, 1.82) is 0 Å². The highest BCUT2D eigenvalue weighted by Crippen LogP contribution is 2.43. The summed E-state index contributed by atoms with van der Waals surface area (Å²) in [5.41, 5.74) is 8.33. The number of hydrazine groups is 1. The van der Waals surface area contributed by atoms with Crippen LogP contribution >= 0.6 is 11.3 Å². The van der Waals surface area contributed by atoms with E-state index >= 15 is 0 Å². The molecule has 8 rings (SSSR count). The number of hydrogen-bond acceptors (Lipinski definition) is 11. The van der Waals surface area contributed by atoms with E-state index in [1.165, 1.54) is 16.3 Å². The highest BCUT2D eigenvalue weighted by atomic mass is 32.1. The molecule has 4 aliphatic rings. The maximum absolute atomic E-state index is 14.8. The van der Waals surface area contributed by atoms with E-state index in [4.69, 9.17) is 24.2 Å². The van der Waals surface area contributed by atoms with Crippen LogP contribution in [0.25, 0.3) is 33.4 Å². The second kappa shape index (κ2) is 19.5. The van der Waals surface area contributed by atoms with Gasteiger partial charge in [0, 0.05) is 92.6 Å². The maximum atomic E-state index is 14.8. The Morgan fingerprint density at radius 2 is 1.85 bits per heavy atom. The molecule has 0 saturated carbocycles. The van der Waals surface area contributed by atoms with Crippen molar-refractivity contribution in [3.8, 4) is 22.5 Å². The van der Waals surface area contributed by atoms with Crippen LogP contribution in [0.5, 0.6) is 0 Å². The average Bonchev–Trinajstić information content (AvgIpc) is 4.03. The van der Waals surface area contributed by atoms with Crippen LogP contribution in [0.2, 0.25) is 0 Å². The average molecular weight is 925 g/mol. The molecule has 4 atom stereocenters. The van der Waals surface area contributed by atoms with Crippen molar-refractivity contribution in [1.82, 2.24) is 40.1 Å². The summed E-state index contributed by atoms with van der Waals surface area (Å²) in [5.74, 6) is -1.07. The number of likely N-dealkylation sites (N-methyl/N-ethyl adjacent to an activating group) is 1. The largest absolute Gasteiger partial charge is 0.381 e. The van der Waals surface area contributed by atoms with Gasteiger partial charge in [-0.1, -0.05) is 33.8 Å². The monoisotopic (exact) mass is 924 g/mol. The van der Waals surface area contributed by atoms with Gasteiger partial charge >= 0.3 is 6.03 Å². The molecule has 3 fully saturated rings. The summed E-state index contributed by atoms with van der Waals surface area (Å²) in [5, 5.41) is 8.34. The zero-order chi connectivity index (χ0) is 47.0. The summed E-state index contributed by atoms with van der Waals surface area (Å²) in [6.07, 6.45) is 7.57. The second-order valence-corrected chi connectivity index (χ2v) is 20.9. The van der Waals surface area contributed by atoms with Gasteiger partial charge in [0.1, 0.15) is 23.9 Å². The number of carbonyl (C=O) groups is 4. The number of nitrogens with one attached hydrogen (secondary N) is 2. The molecular weight excluding hydrogens is 857 g/mol. The molecule has 0 unspecified atom stereocenters. The smallest absolute Gasteiger partial charge is 0.320 e. The molecule has 1 aromatic carbocycles. The van der Waals surface area contributed by atoms with Crippen LogP contribution in [0.15, 0.2) is 41.9 Å². The van der Waals surface area contributed by atoms with Gasteiger partial charge in [-0.15, -0.1) is 11.3 Å². The van der Waals surface area contributed by atoms with E-state index in [0.29, 0.717) is 57.2 Å². The number of amides is 4. The fourth-order valence-electron chi connectivity index (χ4n) is 10.9. The van der Waals surface area contributed by atoms with Gasteiger partial charge < -0.3 is 38.7 Å². The maximum Gasteiger partial charge on any atom is 0.320 e. The van der Waals surface area contributed by atoms with E-state index in [1.807, 2.05) is 43.3 Å². The van der Waals surface area contributed by atoms with E-state index in [9.17, 15) is 19.2 Å². The van der Waals surface area contributed by atoms with Crippen molar-refractivity contribution in [3.63, 3.8) is 0 Å². The molecule has 7 heterocycles. The highest BCUT2D eigenvalue weighted by Gasteiger charge is 2.47. The molecule has 2 N–H and O–H groups in total. The number of urea groups is 1. The van der Waals surface area contributed by atoms with Crippen molar-refractivity contribution in [2.24, 2.45) is 11.3 Å². The van der Waals surface area contributed by atoms with Gasteiger partial charge in [0.25, 0.3) is 5.91 Å². The third-order valence-corrected chi connectivity index (χ3v) is 15.3. The van der Waals surface area contributed by atoms with Gasteiger partial charge in [-0.3, -0.25) is 19.6 Å². The predicted molar refractivity (Wildman–Crippen MR) is 255 cm³/mol. The van der Waals surface area contributed by atoms with Crippen molar-refractivity contribution in [2.75, 3.05) is 53.7 Å². The number of carbonyl (C=O) groups excluding carboxylic acids is 4. The standard InChI is InChI=1S/C50H68N8O7S/c1-9-56-40-15-14-34-25-36(40)37(44(56)35-13-10-20-51-42(35)33(4)63-8)27-48(5,6)30-65-31-49(29-59)16-11-22-58(54-49)46(61)38(26-41-52-39(34)28-66-41)53-45(60)43(32(2)3)55(7)47(62)57-21-12-17-50(57)18-23-64-24-19-50/h10,13-15,20,25,28-29,32-33,38,43,54H,9,11-12,16-19,21-24,26-27,30-31H2,1-8H3,(H,53,60)/t33-,38-,43-,49-/m0/s1. The number of likely N-dealkylation sites (tertiary alicyclic amines) is 1. The number of benzene rings is 1. The molecule has 0 aliphatic carbocycles. The first kappa shape index (κ1) is 47.7. The minimum Gasteiger partial charge on any atom is -0.381 e. The Kier molecular flexibility index (Phi) is 14.1. The number of pyridine rings is 1. The Morgan fingerprint density at radius 1 is 1.08 bits per heavy atom. The molecule has 3 aromatic heterocycles. The molecular formula is C50H68N8O7S. The second-order valence-electron chi connectivity index (χ2n) is 20.0. The van der Waals surface area contributed by atoms with Crippen LogP contribution in [0.4, 0.5) is 4.79 Å². The minimum absolute atomic E-state index is 0.0505. The van der Waals surface area contributed by atoms with E-state index in [1.54, 1.807) is 19.1 Å². The summed E-state index contributed by atoms with van der Waals surface area (Å²) in [7, 11) is 3.39. The molecule has 16 heteroatoms. The third kappa shape index (κ3) is 9.28. The summed E-state index contributed by atoms with van der Waals surface area (Å²) >= 11 is 1.44. The molecule has 66 heavy (non-hydrogen) atoms. The van der Waals surface area contributed by atoms with Gasteiger partial charge in [0.15, 0.2) is 0 Å². The van der Waals surface area contributed by atoms with Crippen LogP contribution in [0, 0.1) is 11.3 Å². The summed E-state index contributed by atoms with van der Waals surface area (Å²) < 4.78 is 20.4. The number of fused-ring (bicyclic) bond motifs is 6. The number of thiazole rings is 1. The van der Waals surface area contributed by atoms with Gasteiger partial charge in [0.05, 0.1) is 41.4 Å². The van der Waals surface area contributed by atoms with E-state index in [-0.39, 0.29) is 42.5 Å². The molecule has 6 bridgehead atoms. The molecule has 3 saturated heterocycles. The SMILES string of the molecule is CCn1c(-c2cccnc2[C@H](C)OC)c2c3cc(ccc31)-c1csc(n1)C[C@H](NC(=O)[C@H](C(C)C)N(C)C(=O)N1CCCC13CCOCC3)C(=O)N1CCC[C@](C=O)(COCC(C)(C)C2)N1. The van der Waals surface area contributed by atoms with Crippen LogP contribution in [-0.2, 0) is 48.0 Å². The van der Waals surface area contributed by atoms with Crippen molar-refractivity contribution < 1.29 is 33.4 Å². The number of aldehydes is 1. The number of ether oxygens (including phenoxy) is 3. The predicted octanol–water partition coefficient (Wildman–Crippen LogP) is 6.97. The van der Waals surface area contributed by atoms with Gasteiger partial charge in [-0.25, -0.2) is 15.2 Å². The van der Waals surface area contributed by atoms with Gasteiger partial charge in [-0.05, 0) is 100.0 Å². The molecule has 0 radical (unpaired) electrons. The molecule has 15 nitrogen and oxygen atoms in total. The number of aromatic nitrogens is 3. The topological polar surface area (TPSA) is 160 Å². The normalized spacial score (nSPS) is 23.2. The fourth-order valence-corrected chi connectivity index (χ4v) is 11.8. The Hall–Kier alpha value is -4.74. The zero-order valence-corrected chi connectivity index (χ0v) is 40.8. The van der Waals surface area contributed by atoms with Crippen LogP contribution < -0.4 is 10.7 Å². The summed E-state index contributed by atoms with van der Waals surface area (Å²) in [4.78, 5) is 70.4. The lowest BCUT2D eigenvalue weighted by atomic mass is 9.84. The lowest BCUT2D eigenvalue weighted by Gasteiger charge is -2.44. The number of nitrogens with zero attached hydrogens (tertiary/aromatic N) is 6. The number of rotatable bonds is 9. The van der Waals surface area contributed by atoms with Crippen molar-refractivity contribution in [3.05, 3.63) is 58.2 Å². The van der Waals surface area contributed by atoms with Crippen LogP contribution in [0.3, 0.4) is 0 Å². The quantitative estimate of drug-likeness (QED) is 0.168. The summed E-state index contributed by atoms with van der Waals surface area (Å²) in [6, 6.07) is 8.47. The first-order valence-corrected chi connectivity index (χ1v) is 24.7. The summed E-state index contributed by atoms with van der Waals surface area (Å²) in [6.45, 7) is 15.7. The number of hydrogen-bond donors (Lipinski definition) is 2. The molecule has 4 amide bonds. The molecule has 4 aliphatic heterocycles. The van der Waals surface area contributed by atoms with Crippen molar-refractivity contribution in [2.45, 2.75) is 129 Å². The first-order chi connectivity index (χ1) is 31.6. The highest BCUT2D eigenvalue weighted by molar-refractivity contribution is 7.10. The number of aryl methyl sites for hydroxylation is 1. The minimum atomic E-state index is -1.17. The van der Waals surface area contributed by atoms with E-state index in [2.05, 4.69) is 60.3 Å². The zero-order valence-electron chi connectivity index (χ0n) is 40.0. The van der Waals surface area contributed by atoms with Gasteiger partial charge in [-0.2, -0.15) is 0 Å². The molecule has 4 aromatic rings. The molecule has 356 valence electrons. The molecule has 1 spiro atoms. The van der Waals surface area contributed by atoms with Crippen LogP contribution in [0.1, 0.15) is 102 Å². The fraction of sp³-hybridized carbons (Fsp3) is 0.600. The Balaban J connectivity index is 1.18. The van der Waals surface area contributed by atoms with Gasteiger partial charge in [0.2, 0.25) is 5.91 Å². The Bertz CT molecular complexity index is 2430. The van der Waals surface area contributed by atoms with E-state index in [0.717, 1.165) is 83.2 Å². The third-order valence-electron chi connectivity index (χ3n) is 14.4. The first-order valence-electron chi connectivity index (χ1n) is 23.8. The van der Waals surface area contributed by atoms with E-state index < -0.39 is 28.9 Å². The Labute approximate surface area is 392 Å². The lowest BCUT2D eigenvalue weighted by molar-refractivity contribution is -0.147. The lowest BCUT2D eigenvalue weighted by Crippen LogP contribution is -2.66. The number of methoxy groups -OCH3 is 1. The van der Waals surface area contributed by atoms with Crippen LogP contribution in [-0.4, -0.2) is 130 Å². The van der Waals surface area contributed by atoms with Crippen molar-refractivity contribution >= 4 is 46.4 Å².